The van der Waals surface area contributed by atoms with Gasteiger partial charge in [0.2, 0.25) is 5.82 Å². The molecule has 2 aromatic carbocycles. The summed E-state index contributed by atoms with van der Waals surface area (Å²) in [7, 11) is 0. The van der Waals surface area contributed by atoms with E-state index in [1.54, 1.807) is 6.92 Å². The highest BCUT2D eigenvalue weighted by molar-refractivity contribution is 6.30. The average molecular weight is 482 g/mol. The maximum absolute atomic E-state index is 12.7. The molecule has 0 saturated carbocycles. The minimum absolute atomic E-state index is 0.0914. The lowest BCUT2D eigenvalue weighted by atomic mass is 9.95. The summed E-state index contributed by atoms with van der Waals surface area (Å²) in [5, 5.41) is 21.8. The van der Waals surface area contributed by atoms with Crippen molar-refractivity contribution in [2.24, 2.45) is 5.92 Å². The molecule has 1 heterocycles. The Bertz CT molecular complexity index is 1180. The van der Waals surface area contributed by atoms with E-state index in [1.165, 1.54) is 12.3 Å². The largest absolute Gasteiger partial charge is 0.481 e. The third kappa shape index (κ3) is 6.86. The Balaban J connectivity index is 1.69. The first-order valence-electron chi connectivity index (χ1n) is 10.7. The highest BCUT2D eigenvalue weighted by Crippen LogP contribution is 2.23. The second-order valence-corrected chi connectivity index (χ2v) is 8.40. The van der Waals surface area contributed by atoms with Gasteiger partial charge in [-0.1, -0.05) is 54.9 Å². The van der Waals surface area contributed by atoms with Gasteiger partial charge in [0.15, 0.2) is 0 Å². The molecule has 3 rings (SSSR count). The number of aromatic nitrogens is 2. The highest BCUT2D eigenvalue weighted by Gasteiger charge is 2.22. The van der Waals surface area contributed by atoms with Gasteiger partial charge in [0, 0.05) is 17.3 Å². The zero-order chi connectivity index (χ0) is 24.7. The predicted molar refractivity (Wildman–Crippen MR) is 127 cm³/mol. The first-order valence-corrected chi connectivity index (χ1v) is 11.1. The summed E-state index contributed by atoms with van der Waals surface area (Å²) >= 11 is 6.07. The molecule has 0 spiro atoms. The molecule has 0 saturated heterocycles. The normalized spacial score (nSPS) is 12.5. The maximum Gasteiger partial charge on any atom is 0.373 e. The number of carboxylic acid groups (broad SMARTS) is 2. The molecule has 1 aromatic heterocycles. The molecule has 3 N–H and O–H groups in total. The number of amides is 1. The fourth-order valence-electron chi connectivity index (χ4n) is 3.50. The SMILES string of the molecule is C[C@@H](C[C@@H](CCc1ccc(-c2cccc(Cl)c2)cc1)NC(=O)c1ccnc(C(=O)O)n1)C(=O)O. The zero-order valence-corrected chi connectivity index (χ0v) is 19.2. The Labute approximate surface area is 201 Å². The predicted octanol–water partition coefficient (Wildman–Crippen LogP) is 4.34. The monoisotopic (exact) mass is 481 g/mol. The van der Waals surface area contributed by atoms with Crippen LogP contribution in [0.1, 0.15) is 46.4 Å². The Kier molecular flexibility index (Phi) is 8.32. The van der Waals surface area contributed by atoms with E-state index in [0.29, 0.717) is 17.9 Å². The van der Waals surface area contributed by atoms with E-state index in [4.69, 9.17) is 16.7 Å². The van der Waals surface area contributed by atoms with Gasteiger partial charge in [-0.2, -0.15) is 0 Å². The first kappa shape index (κ1) is 24.9. The molecule has 0 aliphatic heterocycles. The van der Waals surface area contributed by atoms with Crippen molar-refractivity contribution < 1.29 is 24.6 Å². The van der Waals surface area contributed by atoms with Crippen LogP contribution in [0.4, 0.5) is 0 Å². The standard InChI is InChI=1S/C25H24ClN3O5/c1-15(24(31)32)13-20(28-23(30)21-11-12-27-22(29-21)25(33)34)10-7-16-5-8-17(9-6-16)18-3-2-4-19(26)14-18/h2-6,8-9,11-12,14-15,20H,7,10,13H2,1H3,(H,28,30)(H,31,32)(H,33,34)/t15-,20+/m0/s1. The van der Waals surface area contributed by atoms with Gasteiger partial charge in [0.05, 0.1) is 5.92 Å². The van der Waals surface area contributed by atoms with Gasteiger partial charge in [-0.3, -0.25) is 9.59 Å². The summed E-state index contributed by atoms with van der Waals surface area (Å²) in [5.74, 6) is -4.03. The molecule has 3 aromatic rings. The van der Waals surface area contributed by atoms with Crippen LogP contribution in [0.3, 0.4) is 0 Å². The molecule has 176 valence electrons. The molecule has 8 nitrogen and oxygen atoms in total. The molecule has 1 amide bonds. The smallest absolute Gasteiger partial charge is 0.373 e. The van der Waals surface area contributed by atoms with Crippen LogP contribution in [0.5, 0.6) is 0 Å². The van der Waals surface area contributed by atoms with E-state index in [-0.39, 0.29) is 12.1 Å². The Morgan fingerprint density at radius 2 is 1.76 bits per heavy atom. The van der Waals surface area contributed by atoms with Crippen molar-refractivity contribution in [1.82, 2.24) is 15.3 Å². The van der Waals surface area contributed by atoms with E-state index >= 15 is 0 Å². The molecule has 0 unspecified atom stereocenters. The second kappa shape index (κ2) is 11.4. The quantitative estimate of drug-likeness (QED) is 0.392. The van der Waals surface area contributed by atoms with Gasteiger partial charge in [-0.05, 0) is 54.2 Å². The van der Waals surface area contributed by atoms with E-state index in [9.17, 15) is 19.5 Å². The number of nitrogens with zero attached hydrogens (tertiary/aromatic N) is 2. The van der Waals surface area contributed by atoms with Crippen LogP contribution in [0.25, 0.3) is 11.1 Å². The topological polar surface area (TPSA) is 129 Å². The summed E-state index contributed by atoms with van der Waals surface area (Å²) in [5.41, 5.74) is 2.97. The van der Waals surface area contributed by atoms with Crippen molar-refractivity contribution in [2.45, 2.75) is 32.2 Å². The maximum atomic E-state index is 12.7. The minimum atomic E-state index is -1.34. The number of carbonyl (C=O) groups is 3. The molecule has 0 bridgehead atoms. The number of aromatic carboxylic acids is 1. The van der Waals surface area contributed by atoms with Gasteiger partial charge < -0.3 is 15.5 Å². The fourth-order valence-corrected chi connectivity index (χ4v) is 3.69. The molecule has 9 heteroatoms. The Morgan fingerprint density at radius 1 is 1.03 bits per heavy atom. The van der Waals surface area contributed by atoms with Gasteiger partial charge in [-0.15, -0.1) is 0 Å². The molecule has 0 fully saturated rings. The first-order chi connectivity index (χ1) is 16.2. The van der Waals surface area contributed by atoms with Gasteiger partial charge >= 0.3 is 11.9 Å². The van der Waals surface area contributed by atoms with Crippen LogP contribution >= 0.6 is 11.6 Å². The molecule has 0 aliphatic carbocycles. The fraction of sp³-hybridized carbons (Fsp3) is 0.240. The highest BCUT2D eigenvalue weighted by atomic mass is 35.5. The molecule has 34 heavy (non-hydrogen) atoms. The number of carboxylic acids is 2. The summed E-state index contributed by atoms with van der Waals surface area (Å²) in [6.07, 6.45) is 2.52. The molecule has 0 aliphatic rings. The van der Waals surface area contributed by atoms with E-state index in [0.717, 1.165) is 16.7 Å². The van der Waals surface area contributed by atoms with Crippen molar-refractivity contribution in [3.63, 3.8) is 0 Å². The zero-order valence-electron chi connectivity index (χ0n) is 18.4. The molecular weight excluding hydrogens is 458 g/mol. The number of hydrogen-bond acceptors (Lipinski definition) is 5. The molecule has 2 atom stereocenters. The second-order valence-electron chi connectivity index (χ2n) is 7.96. The lowest BCUT2D eigenvalue weighted by Crippen LogP contribution is -2.38. The van der Waals surface area contributed by atoms with Crippen LogP contribution in [0, 0.1) is 5.92 Å². The van der Waals surface area contributed by atoms with Crippen molar-refractivity contribution >= 4 is 29.4 Å². The number of aryl methyl sites for hydroxylation is 1. The van der Waals surface area contributed by atoms with Crippen molar-refractivity contribution in [1.29, 1.82) is 0 Å². The molecular formula is C25H24ClN3O5. The lowest BCUT2D eigenvalue weighted by molar-refractivity contribution is -0.141. The number of aliphatic carboxylic acids is 1. The summed E-state index contributed by atoms with van der Waals surface area (Å²) in [6, 6.07) is 16.4. The van der Waals surface area contributed by atoms with Gasteiger partial charge in [0.1, 0.15) is 5.69 Å². The molecule has 0 radical (unpaired) electrons. The summed E-state index contributed by atoms with van der Waals surface area (Å²) < 4.78 is 0. The van der Waals surface area contributed by atoms with Crippen molar-refractivity contribution in [3.8, 4) is 11.1 Å². The summed E-state index contributed by atoms with van der Waals surface area (Å²) in [6.45, 7) is 1.58. The number of halogens is 1. The Hall–Kier alpha value is -3.78. The number of benzene rings is 2. The van der Waals surface area contributed by atoms with Gasteiger partial charge in [0.25, 0.3) is 5.91 Å². The average Bonchev–Trinajstić information content (AvgIpc) is 2.82. The van der Waals surface area contributed by atoms with Crippen LogP contribution in [-0.2, 0) is 11.2 Å². The lowest BCUT2D eigenvalue weighted by Gasteiger charge is -2.21. The van der Waals surface area contributed by atoms with Crippen LogP contribution in [-0.4, -0.2) is 44.1 Å². The van der Waals surface area contributed by atoms with Crippen molar-refractivity contribution in [3.05, 3.63) is 82.9 Å². The van der Waals surface area contributed by atoms with Crippen LogP contribution in [0.15, 0.2) is 60.8 Å². The van der Waals surface area contributed by atoms with Crippen LogP contribution < -0.4 is 5.32 Å². The van der Waals surface area contributed by atoms with Gasteiger partial charge in [-0.25, -0.2) is 14.8 Å². The number of nitrogens with one attached hydrogen (secondary N) is 1. The summed E-state index contributed by atoms with van der Waals surface area (Å²) in [4.78, 5) is 42.5. The van der Waals surface area contributed by atoms with Crippen molar-refractivity contribution in [2.75, 3.05) is 0 Å². The minimum Gasteiger partial charge on any atom is -0.481 e. The van der Waals surface area contributed by atoms with E-state index in [2.05, 4.69) is 15.3 Å². The third-order valence-corrected chi connectivity index (χ3v) is 5.60. The number of hydrogen-bond donors (Lipinski definition) is 3. The van der Waals surface area contributed by atoms with E-state index in [1.807, 2.05) is 48.5 Å². The van der Waals surface area contributed by atoms with Crippen LogP contribution in [0.2, 0.25) is 5.02 Å². The van der Waals surface area contributed by atoms with E-state index < -0.39 is 35.6 Å². The number of rotatable bonds is 10. The third-order valence-electron chi connectivity index (χ3n) is 5.37. The Morgan fingerprint density at radius 3 is 2.41 bits per heavy atom. The number of carbonyl (C=O) groups excluding carboxylic acids is 1.